The van der Waals surface area contributed by atoms with Crippen LogP contribution in [0.15, 0.2) is 40.9 Å². The quantitative estimate of drug-likeness (QED) is 0.597. The van der Waals surface area contributed by atoms with Gasteiger partial charge in [0.2, 0.25) is 0 Å². The minimum Gasteiger partial charge on any atom is -0.313 e. The molecule has 0 aromatic heterocycles. The van der Waals surface area contributed by atoms with E-state index in [2.05, 4.69) is 43.8 Å². The topological polar surface area (TPSA) is 12.0 Å². The van der Waals surface area contributed by atoms with Crippen molar-refractivity contribution in [3.8, 4) is 0 Å². The monoisotopic (exact) mass is 467 g/mol. The first-order chi connectivity index (χ1) is 9.51. The Kier molecular flexibility index (Phi) is 5.84. The summed E-state index contributed by atoms with van der Waals surface area (Å²) in [7, 11) is 1.89. The molecule has 0 radical (unpaired) electrons. The molecule has 0 heterocycles. The second kappa shape index (κ2) is 7.20. The van der Waals surface area contributed by atoms with Gasteiger partial charge in [0.25, 0.3) is 0 Å². The first-order valence-electron chi connectivity index (χ1n) is 6.07. The predicted octanol–water partition coefficient (Wildman–Crippen LogP) is 5.35. The van der Waals surface area contributed by atoms with Crippen molar-refractivity contribution >= 4 is 50.1 Å². The van der Waals surface area contributed by atoms with Crippen LogP contribution in [0.5, 0.6) is 0 Å². The summed E-state index contributed by atoms with van der Waals surface area (Å²) in [6.45, 7) is 0. The van der Waals surface area contributed by atoms with Crippen LogP contribution >= 0.6 is 50.1 Å². The number of rotatable bonds is 4. The first kappa shape index (κ1) is 16.2. The predicted molar refractivity (Wildman–Crippen MR) is 93.8 cm³/mol. The Morgan fingerprint density at radius 2 is 2.05 bits per heavy atom. The lowest BCUT2D eigenvalue weighted by molar-refractivity contribution is 0.583. The average Bonchev–Trinajstić information content (AvgIpc) is 2.43. The Morgan fingerprint density at radius 3 is 2.70 bits per heavy atom. The lowest BCUT2D eigenvalue weighted by Gasteiger charge is -2.18. The Labute approximate surface area is 145 Å². The van der Waals surface area contributed by atoms with Crippen molar-refractivity contribution in [3.05, 3.63) is 66.4 Å². The van der Waals surface area contributed by atoms with E-state index in [0.717, 1.165) is 24.2 Å². The van der Waals surface area contributed by atoms with Crippen molar-refractivity contribution in [2.45, 2.75) is 12.5 Å². The summed E-state index contributed by atoms with van der Waals surface area (Å²) in [5.41, 5.74) is 2.02. The van der Waals surface area contributed by atoms with E-state index in [0.29, 0.717) is 6.42 Å². The van der Waals surface area contributed by atoms with Crippen LogP contribution < -0.4 is 5.32 Å². The number of likely N-dealkylation sites (N-methyl/N-ethyl adjacent to an activating group) is 1. The van der Waals surface area contributed by atoms with Crippen molar-refractivity contribution in [2.24, 2.45) is 0 Å². The van der Waals surface area contributed by atoms with Gasteiger partial charge < -0.3 is 5.32 Å². The third-order valence-electron chi connectivity index (χ3n) is 3.13. The smallest absolute Gasteiger partial charge is 0.123 e. The molecule has 0 aliphatic heterocycles. The van der Waals surface area contributed by atoms with Gasteiger partial charge in [-0.1, -0.05) is 33.6 Å². The normalized spacial score (nSPS) is 12.4. The largest absolute Gasteiger partial charge is 0.313 e. The van der Waals surface area contributed by atoms with Crippen LogP contribution in [0.3, 0.4) is 0 Å². The molecule has 0 aliphatic carbocycles. The second-order valence-electron chi connectivity index (χ2n) is 4.45. The standard InChI is InChI=1S/C15H13BrClFIN/c1-20-15(9-2-5-14(19)13(17)7-9)8-10-6-11(18)3-4-12(10)16/h2-7,15,20H,8H2,1H3. The maximum absolute atomic E-state index is 13.4. The minimum absolute atomic E-state index is 0.0857. The van der Waals surface area contributed by atoms with Crippen LogP contribution in [0.1, 0.15) is 17.2 Å². The number of hydrogen-bond donors (Lipinski definition) is 1. The molecule has 0 aliphatic rings. The molecular formula is C15H13BrClFIN. The van der Waals surface area contributed by atoms with E-state index in [1.54, 1.807) is 12.1 Å². The summed E-state index contributed by atoms with van der Waals surface area (Å²) in [6, 6.07) is 10.8. The highest BCUT2D eigenvalue weighted by atomic mass is 127. The Balaban J connectivity index is 2.28. The molecule has 2 aromatic carbocycles. The Bertz CT molecular complexity index is 621. The lowest BCUT2D eigenvalue weighted by Crippen LogP contribution is -2.19. The molecule has 2 rings (SSSR count). The van der Waals surface area contributed by atoms with E-state index in [-0.39, 0.29) is 11.9 Å². The molecule has 0 bridgehead atoms. The van der Waals surface area contributed by atoms with Gasteiger partial charge in [0.05, 0.1) is 5.02 Å². The molecule has 2 aromatic rings. The van der Waals surface area contributed by atoms with E-state index >= 15 is 0 Å². The fourth-order valence-corrected chi connectivity index (χ4v) is 2.97. The Morgan fingerprint density at radius 1 is 1.30 bits per heavy atom. The molecule has 1 N–H and O–H groups in total. The zero-order chi connectivity index (χ0) is 14.7. The summed E-state index contributed by atoms with van der Waals surface area (Å²) < 4.78 is 15.3. The van der Waals surface area contributed by atoms with Gasteiger partial charge in [0.15, 0.2) is 0 Å². The third kappa shape index (κ3) is 3.93. The van der Waals surface area contributed by atoms with E-state index in [9.17, 15) is 4.39 Å². The summed E-state index contributed by atoms with van der Waals surface area (Å²) in [5.74, 6) is -0.223. The molecule has 0 amide bonds. The number of benzene rings is 2. The van der Waals surface area contributed by atoms with E-state index < -0.39 is 0 Å². The molecule has 106 valence electrons. The van der Waals surface area contributed by atoms with E-state index in [1.165, 1.54) is 6.07 Å². The lowest BCUT2D eigenvalue weighted by atomic mass is 9.99. The summed E-state index contributed by atoms with van der Waals surface area (Å²) in [5, 5.41) is 3.99. The number of hydrogen-bond acceptors (Lipinski definition) is 1. The van der Waals surface area contributed by atoms with Gasteiger partial charge in [-0.25, -0.2) is 4.39 Å². The fourth-order valence-electron chi connectivity index (χ4n) is 2.04. The summed E-state index contributed by atoms with van der Waals surface area (Å²) in [4.78, 5) is 0. The number of halogens is 4. The first-order valence-corrected chi connectivity index (χ1v) is 8.32. The highest BCUT2D eigenvalue weighted by molar-refractivity contribution is 14.1. The van der Waals surface area contributed by atoms with Gasteiger partial charge in [-0.2, -0.15) is 0 Å². The van der Waals surface area contributed by atoms with Crippen LogP contribution in [0.25, 0.3) is 0 Å². The molecule has 20 heavy (non-hydrogen) atoms. The molecule has 0 spiro atoms. The zero-order valence-electron chi connectivity index (χ0n) is 10.8. The molecule has 1 unspecified atom stereocenters. The van der Waals surface area contributed by atoms with Gasteiger partial charge >= 0.3 is 0 Å². The van der Waals surface area contributed by atoms with Crippen molar-refractivity contribution in [1.29, 1.82) is 0 Å². The van der Waals surface area contributed by atoms with Crippen LogP contribution in [0.2, 0.25) is 5.02 Å². The van der Waals surface area contributed by atoms with Crippen LogP contribution in [0.4, 0.5) is 4.39 Å². The van der Waals surface area contributed by atoms with Gasteiger partial charge in [0.1, 0.15) is 5.82 Å². The van der Waals surface area contributed by atoms with Crippen molar-refractivity contribution in [1.82, 2.24) is 5.32 Å². The molecule has 1 atom stereocenters. The van der Waals surface area contributed by atoms with E-state index in [4.69, 9.17) is 11.6 Å². The maximum Gasteiger partial charge on any atom is 0.123 e. The molecule has 5 heteroatoms. The summed E-state index contributed by atoms with van der Waals surface area (Å²) >= 11 is 11.8. The molecule has 0 saturated carbocycles. The molecule has 0 saturated heterocycles. The van der Waals surface area contributed by atoms with Crippen molar-refractivity contribution in [3.63, 3.8) is 0 Å². The van der Waals surface area contributed by atoms with Crippen molar-refractivity contribution in [2.75, 3.05) is 7.05 Å². The highest BCUT2D eigenvalue weighted by Crippen LogP contribution is 2.27. The minimum atomic E-state index is -0.223. The Hall–Kier alpha value is -0.170. The third-order valence-corrected chi connectivity index (χ3v) is 5.47. The van der Waals surface area contributed by atoms with Crippen LogP contribution in [-0.2, 0) is 6.42 Å². The average molecular weight is 469 g/mol. The SMILES string of the molecule is CNC(Cc1cc(F)ccc1Br)c1ccc(I)c(Cl)c1. The van der Waals surface area contributed by atoms with E-state index in [1.807, 2.05) is 25.2 Å². The highest BCUT2D eigenvalue weighted by Gasteiger charge is 2.14. The number of nitrogens with one attached hydrogen (secondary N) is 1. The zero-order valence-corrected chi connectivity index (χ0v) is 15.3. The van der Waals surface area contributed by atoms with Gasteiger partial charge in [-0.15, -0.1) is 0 Å². The van der Waals surface area contributed by atoms with Gasteiger partial charge in [-0.3, -0.25) is 0 Å². The van der Waals surface area contributed by atoms with Gasteiger partial charge in [0, 0.05) is 14.1 Å². The maximum atomic E-state index is 13.4. The summed E-state index contributed by atoms with van der Waals surface area (Å²) in [6.07, 6.45) is 0.686. The van der Waals surface area contributed by atoms with Crippen LogP contribution in [-0.4, -0.2) is 7.05 Å². The van der Waals surface area contributed by atoms with Gasteiger partial charge in [-0.05, 0) is 77.5 Å². The molecule has 1 nitrogen and oxygen atoms in total. The second-order valence-corrected chi connectivity index (χ2v) is 6.88. The van der Waals surface area contributed by atoms with Crippen molar-refractivity contribution < 1.29 is 4.39 Å². The fraction of sp³-hybridized carbons (Fsp3) is 0.200. The molecule has 0 fully saturated rings. The molecular weight excluding hydrogens is 455 g/mol. The van der Waals surface area contributed by atoms with Crippen LogP contribution in [0, 0.1) is 9.39 Å².